The molecule has 0 radical (unpaired) electrons. The number of carbonyl (C=O) groups excluding carboxylic acids is 1. The average Bonchev–Trinajstić information content (AvgIpc) is 3.05. The minimum atomic E-state index is -0.943. The summed E-state index contributed by atoms with van der Waals surface area (Å²) in [5.74, 6) is -0.675. The Balaban J connectivity index is 1.91. The van der Waals surface area contributed by atoms with Crippen molar-refractivity contribution in [3.8, 4) is 5.95 Å². The smallest absolute Gasteiger partial charge is 0.306 e. The maximum Gasteiger partial charge on any atom is 0.306 e. The molecule has 9 heteroatoms. The van der Waals surface area contributed by atoms with E-state index < -0.39 is 12.1 Å². The molecular formula is C19H25N5O4. The summed E-state index contributed by atoms with van der Waals surface area (Å²) in [6, 6.07) is 1.87. The normalized spacial score (nSPS) is 17.2. The first-order valence-corrected chi connectivity index (χ1v) is 9.29. The number of rotatable bonds is 5. The van der Waals surface area contributed by atoms with Crippen molar-refractivity contribution in [1.82, 2.24) is 24.6 Å². The van der Waals surface area contributed by atoms with Crippen molar-refractivity contribution in [3.05, 3.63) is 34.9 Å². The van der Waals surface area contributed by atoms with Crippen LogP contribution in [-0.2, 0) is 9.53 Å². The highest BCUT2D eigenvalue weighted by Crippen LogP contribution is 2.22. The molecule has 1 saturated heterocycles. The van der Waals surface area contributed by atoms with Crippen molar-refractivity contribution in [3.63, 3.8) is 0 Å². The first-order chi connectivity index (χ1) is 13.2. The Hall–Kier alpha value is -2.81. The second kappa shape index (κ2) is 8.05. The van der Waals surface area contributed by atoms with Crippen LogP contribution in [0.25, 0.3) is 5.95 Å². The van der Waals surface area contributed by atoms with Gasteiger partial charge in [-0.15, -0.1) is 0 Å². The number of carboxylic acid groups (broad SMARTS) is 1. The molecule has 28 heavy (non-hydrogen) atoms. The lowest BCUT2D eigenvalue weighted by Gasteiger charge is -2.32. The lowest BCUT2D eigenvalue weighted by Crippen LogP contribution is -2.46. The van der Waals surface area contributed by atoms with E-state index in [1.807, 2.05) is 33.8 Å². The SMILES string of the molecule is Cc1cc(C)nc(-n2cc(C(=O)N3CCOC(CC(=O)O)C3)c(C(C)C)n2)n1. The molecule has 0 spiro atoms. The van der Waals surface area contributed by atoms with Crippen LogP contribution in [0.3, 0.4) is 0 Å². The van der Waals surface area contributed by atoms with Gasteiger partial charge >= 0.3 is 5.97 Å². The molecule has 1 fully saturated rings. The van der Waals surface area contributed by atoms with Crippen molar-refractivity contribution in [2.75, 3.05) is 19.7 Å². The summed E-state index contributed by atoms with van der Waals surface area (Å²) >= 11 is 0. The standard InChI is InChI=1S/C19H25N5O4/c1-11(2)17-15(10-24(22-17)19-20-12(3)7-13(4)21-19)18(27)23-5-6-28-14(9-23)8-16(25)26/h7,10-11,14H,5-6,8-9H2,1-4H3,(H,25,26). The van der Waals surface area contributed by atoms with Crippen LogP contribution in [0.5, 0.6) is 0 Å². The van der Waals surface area contributed by atoms with Gasteiger partial charge in [0, 0.05) is 30.7 Å². The minimum absolute atomic E-state index is 0.0296. The summed E-state index contributed by atoms with van der Waals surface area (Å²) in [5, 5.41) is 13.6. The number of amides is 1. The Bertz CT molecular complexity index is 872. The molecule has 1 aliphatic rings. The molecule has 2 aromatic rings. The highest BCUT2D eigenvalue weighted by atomic mass is 16.5. The van der Waals surface area contributed by atoms with Gasteiger partial charge in [-0.2, -0.15) is 5.10 Å². The van der Waals surface area contributed by atoms with Crippen LogP contribution in [0.15, 0.2) is 12.3 Å². The van der Waals surface area contributed by atoms with Crippen LogP contribution in [0.4, 0.5) is 0 Å². The highest BCUT2D eigenvalue weighted by molar-refractivity contribution is 5.95. The van der Waals surface area contributed by atoms with E-state index >= 15 is 0 Å². The van der Waals surface area contributed by atoms with Crippen LogP contribution in [-0.4, -0.2) is 67.4 Å². The largest absolute Gasteiger partial charge is 0.481 e. The fraction of sp³-hybridized carbons (Fsp3) is 0.526. The van der Waals surface area contributed by atoms with E-state index in [0.29, 0.717) is 30.4 Å². The number of aromatic nitrogens is 4. The predicted octanol–water partition coefficient (Wildman–Crippen LogP) is 1.72. The van der Waals surface area contributed by atoms with E-state index in [4.69, 9.17) is 9.84 Å². The van der Waals surface area contributed by atoms with Crippen molar-refractivity contribution >= 4 is 11.9 Å². The third-order valence-electron chi connectivity index (χ3n) is 4.52. The number of aliphatic carboxylic acids is 1. The Kier molecular flexibility index (Phi) is 5.73. The zero-order valence-electron chi connectivity index (χ0n) is 16.5. The first-order valence-electron chi connectivity index (χ1n) is 9.29. The van der Waals surface area contributed by atoms with Gasteiger partial charge in [0.15, 0.2) is 0 Å². The number of nitrogens with zero attached hydrogens (tertiary/aromatic N) is 5. The van der Waals surface area contributed by atoms with Crippen molar-refractivity contribution < 1.29 is 19.4 Å². The maximum atomic E-state index is 13.2. The topological polar surface area (TPSA) is 110 Å². The number of carbonyl (C=O) groups is 2. The summed E-state index contributed by atoms with van der Waals surface area (Å²) in [6.07, 6.45) is 1.03. The fourth-order valence-corrected chi connectivity index (χ4v) is 3.28. The van der Waals surface area contributed by atoms with Gasteiger partial charge in [-0.25, -0.2) is 14.6 Å². The van der Waals surface area contributed by atoms with Crippen LogP contribution in [0, 0.1) is 13.8 Å². The second-order valence-electron chi connectivity index (χ2n) is 7.32. The monoisotopic (exact) mass is 387 g/mol. The van der Waals surface area contributed by atoms with Gasteiger partial charge in [-0.3, -0.25) is 9.59 Å². The molecule has 9 nitrogen and oxygen atoms in total. The van der Waals surface area contributed by atoms with Crippen molar-refractivity contribution in [1.29, 1.82) is 0 Å². The molecule has 0 saturated carbocycles. The van der Waals surface area contributed by atoms with Gasteiger partial charge in [0.25, 0.3) is 11.9 Å². The quantitative estimate of drug-likeness (QED) is 0.831. The number of morpholine rings is 1. The lowest BCUT2D eigenvalue weighted by atomic mass is 10.0. The first kappa shape index (κ1) is 19.9. The molecule has 1 unspecified atom stereocenters. The van der Waals surface area contributed by atoms with E-state index in [1.165, 1.54) is 4.68 Å². The Labute approximate surface area is 163 Å². The van der Waals surface area contributed by atoms with E-state index in [9.17, 15) is 9.59 Å². The van der Waals surface area contributed by atoms with E-state index in [0.717, 1.165) is 11.4 Å². The van der Waals surface area contributed by atoms with Gasteiger partial charge in [0.05, 0.1) is 30.4 Å². The number of hydrogen-bond donors (Lipinski definition) is 1. The lowest BCUT2D eigenvalue weighted by molar-refractivity contribution is -0.141. The summed E-state index contributed by atoms with van der Waals surface area (Å²) in [6.45, 7) is 8.68. The predicted molar refractivity (Wildman–Crippen MR) is 101 cm³/mol. The third-order valence-corrected chi connectivity index (χ3v) is 4.52. The number of carboxylic acids is 1. The Morgan fingerprint density at radius 3 is 2.57 bits per heavy atom. The van der Waals surface area contributed by atoms with Gasteiger partial charge in [-0.1, -0.05) is 13.8 Å². The van der Waals surface area contributed by atoms with Crippen LogP contribution >= 0.6 is 0 Å². The molecule has 1 atom stereocenters. The molecule has 2 aromatic heterocycles. The minimum Gasteiger partial charge on any atom is -0.481 e. The van der Waals surface area contributed by atoms with Gasteiger partial charge in [-0.05, 0) is 25.8 Å². The van der Waals surface area contributed by atoms with Crippen LogP contribution in [0.1, 0.15) is 53.6 Å². The second-order valence-corrected chi connectivity index (χ2v) is 7.32. The summed E-state index contributed by atoms with van der Waals surface area (Å²) < 4.78 is 7.01. The molecule has 0 aromatic carbocycles. The molecule has 1 amide bonds. The highest BCUT2D eigenvalue weighted by Gasteiger charge is 2.30. The third kappa shape index (κ3) is 4.36. The number of hydrogen-bond acceptors (Lipinski definition) is 6. The Morgan fingerprint density at radius 1 is 1.29 bits per heavy atom. The zero-order valence-corrected chi connectivity index (χ0v) is 16.5. The van der Waals surface area contributed by atoms with E-state index in [1.54, 1.807) is 11.1 Å². The van der Waals surface area contributed by atoms with Gasteiger partial charge < -0.3 is 14.7 Å². The van der Waals surface area contributed by atoms with E-state index in [-0.39, 0.29) is 24.8 Å². The molecular weight excluding hydrogens is 362 g/mol. The summed E-state index contributed by atoms with van der Waals surface area (Å²) in [4.78, 5) is 34.6. The molecule has 1 N–H and O–H groups in total. The number of aryl methyl sites for hydroxylation is 2. The zero-order chi connectivity index (χ0) is 20.4. The fourth-order valence-electron chi connectivity index (χ4n) is 3.28. The average molecular weight is 387 g/mol. The molecule has 3 rings (SSSR count). The summed E-state index contributed by atoms with van der Waals surface area (Å²) in [7, 11) is 0. The van der Waals surface area contributed by atoms with Gasteiger partial charge in [0.1, 0.15) is 0 Å². The van der Waals surface area contributed by atoms with E-state index in [2.05, 4.69) is 15.1 Å². The Morgan fingerprint density at radius 2 is 1.96 bits per heavy atom. The van der Waals surface area contributed by atoms with Crippen molar-refractivity contribution in [2.45, 2.75) is 46.1 Å². The van der Waals surface area contributed by atoms with Crippen molar-refractivity contribution in [2.24, 2.45) is 0 Å². The molecule has 0 aliphatic carbocycles. The number of ether oxygens (including phenoxy) is 1. The summed E-state index contributed by atoms with van der Waals surface area (Å²) in [5.41, 5.74) is 2.78. The van der Waals surface area contributed by atoms with Gasteiger partial charge in [0.2, 0.25) is 0 Å². The molecule has 150 valence electrons. The molecule has 0 bridgehead atoms. The molecule has 1 aliphatic heterocycles. The maximum absolute atomic E-state index is 13.2. The molecule has 3 heterocycles. The van der Waals surface area contributed by atoms with Crippen LogP contribution < -0.4 is 0 Å². The van der Waals surface area contributed by atoms with Crippen LogP contribution in [0.2, 0.25) is 0 Å².